The first-order valence-corrected chi connectivity index (χ1v) is 5.51. The third-order valence-electron chi connectivity index (χ3n) is 2.95. The molecule has 1 heteroatoms. The second kappa shape index (κ2) is 3.93. The van der Waals surface area contributed by atoms with Crippen LogP contribution in [0.4, 0.5) is 0 Å². The number of aromatic nitrogens is 1. The van der Waals surface area contributed by atoms with Gasteiger partial charge in [-0.3, -0.25) is 4.98 Å². The lowest BCUT2D eigenvalue weighted by molar-refractivity contribution is 0.806. The minimum absolute atomic E-state index is 0.367. The van der Waals surface area contributed by atoms with E-state index in [1.807, 2.05) is 18.3 Å². The largest absolute Gasteiger partial charge is 0.261 e. The van der Waals surface area contributed by atoms with Crippen molar-refractivity contribution in [2.24, 2.45) is 0 Å². The average Bonchev–Trinajstić information content (AvgIpc) is 2.74. The average molecular weight is 206 g/mol. The van der Waals surface area contributed by atoms with Gasteiger partial charge in [-0.15, -0.1) is 0 Å². The molecule has 1 aromatic heterocycles. The third kappa shape index (κ3) is 1.65. The van der Waals surface area contributed by atoms with Crippen LogP contribution < -0.4 is 0 Å². The van der Waals surface area contributed by atoms with E-state index in [1.54, 1.807) is 0 Å². The first-order valence-electron chi connectivity index (χ1n) is 5.51. The Morgan fingerprint density at radius 1 is 1.06 bits per heavy atom. The molecule has 16 heavy (non-hydrogen) atoms. The molecule has 1 aromatic carbocycles. The van der Waals surface area contributed by atoms with Crippen molar-refractivity contribution in [3.8, 4) is 0 Å². The van der Waals surface area contributed by atoms with Crippen molar-refractivity contribution >= 4 is 6.08 Å². The summed E-state index contributed by atoms with van der Waals surface area (Å²) in [6, 6.07) is 14.5. The Bertz CT molecular complexity index is 514. The molecule has 0 spiro atoms. The van der Waals surface area contributed by atoms with Gasteiger partial charge in [0.05, 0.1) is 0 Å². The number of fused-ring (bicyclic) bond motifs is 1. The minimum atomic E-state index is 0.367. The highest BCUT2D eigenvalue weighted by molar-refractivity contribution is 5.60. The summed E-state index contributed by atoms with van der Waals surface area (Å²) >= 11 is 0. The fourth-order valence-corrected chi connectivity index (χ4v) is 2.14. The van der Waals surface area contributed by atoms with Gasteiger partial charge in [0.1, 0.15) is 0 Å². The highest BCUT2D eigenvalue weighted by atomic mass is 14.7. The summed E-state index contributed by atoms with van der Waals surface area (Å²) in [6.45, 7) is 0. The van der Waals surface area contributed by atoms with Gasteiger partial charge in [0.25, 0.3) is 0 Å². The predicted molar refractivity (Wildman–Crippen MR) is 64.8 cm³/mol. The van der Waals surface area contributed by atoms with Crippen molar-refractivity contribution in [1.82, 2.24) is 4.98 Å². The van der Waals surface area contributed by atoms with Crippen LogP contribution in [0.25, 0.3) is 6.08 Å². The Morgan fingerprint density at radius 2 is 1.94 bits per heavy atom. The highest BCUT2D eigenvalue weighted by Gasteiger charge is 2.17. The Balaban J connectivity index is 1.87. The van der Waals surface area contributed by atoms with E-state index >= 15 is 0 Å². The van der Waals surface area contributed by atoms with Crippen molar-refractivity contribution < 1.29 is 0 Å². The molecule has 0 bridgehead atoms. The van der Waals surface area contributed by atoms with Gasteiger partial charge in [0.15, 0.2) is 0 Å². The van der Waals surface area contributed by atoms with Gasteiger partial charge in [0.2, 0.25) is 0 Å². The molecule has 1 aliphatic rings. The molecule has 1 aliphatic carbocycles. The zero-order valence-electron chi connectivity index (χ0n) is 8.93. The van der Waals surface area contributed by atoms with E-state index in [0.29, 0.717) is 5.92 Å². The van der Waals surface area contributed by atoms with Crippen molar-refractivity contribution in [3.63, 3.8) is 0 Å². The van der Waals surface area contributed by atoms with E-state index in [4.69, 9.17) is 0 Å². The first kappa shape index (κ1) is 9.34. The van der Waals surface area contributed by atoms with E-state index in [0.717, 1.165) is 12.1 Å². The molecule has 1 radical (unpaired) electrons. The van der Waals surface area contributed by atoms with Gasteiger partial charge in [-0.25, -0.2) is 0 Å². The maximum absolute atomic E-state index is 4.36. The SMILES string of the molecule is [C]1=Cc2ccccc2C1Cc1ccccn1. The van der Waals surface area contributed by atoms with Crippen LogP contribution in [0.15, 0.2) is 48.7 Å². The van der Waals surface area contributed by atoms with Gasteiger partial charge in [-0.2, -0.15) is 0 Å². The number of rotatable bonds is 2. The van der Waals surface area contributed by atoms with Crippen LogP contribution in [-0.4, -0.2) is 4.98 Å². The molecule has 2 aromatic rings. The van der Waals surface area contributed by atoms with E-state index in [1.165, 1.54) is 11.1 Å². The fraction of sp³-hybridized carbons (Fsp3) is 0.133. The van der Waals surface area contributed by atoms with Gasteiger partial charge in [0, 0.05) is 24.2 Å². The number of allylic oxidation sites excluding steroid dienone is 1. The van der Waals surface area contributed by atoms with Crippen LogP contribution in [-0.2, 0) is 6.42 Å². The molecule has 1 heterocycles. The smallest absolute Gasteiger partial charge is 0.0413 e. The van der Waals surface area contributed by atoms with Crippen LogP contribution in [0, 0.1) is 6.08 Å². The van der Waals surface area contributed by atoms with Gasteiger partial charge < -0.3 is 0 Å². The predicted octanol–water partition coefficient (Wildman–Crippen LogP) is 3.24. The Morgan fingerprint density at radius 3 is 2.81 bits per heavy atom. The minimum Gasteiger partial charge on any atom is -0.261 e. The second-order valence-electron chi connectivity index (χ2n) is 4.02. The van der Waals surface area contributed by atoms with Gasteiger partial charge in [-0.05, 0) is 29.3 Å². The molecule has 1 atom stereocenters. The summed E-state index contributed by atoms with van der Waals surface area (Å²) in [5.41, 5.74) is 3.79. The third-order valence-corrected chi connectivity index (χ3v) is 2.95. The zero-order valence-corrected chi connectivity index (χ0v) is 8.93. The van der Waals surface area contributed by atoms with Crippen LogP contribution in [0.5, 0.6) is 0 Å². The van der Waals surface area contributed by atoms with E-state index in [2.05, 4.69) is 47.5 Å². The fourth-order valence-electron chi connectivity index (χ4n) is 2.14. The van der Waals surface area contributed by atoms with Crippen LogP contribution in [0.1, 0.15) is 22.7 Å². The summed E-state index contributed by atoms with van der Waals surface area (Å²) in [5.74, 6) is 0.367. The monoisotopic (exact) mass is 206 g/mol. The Labute approximate surface area is 95.5 Å². The number of hydrogen-bond donors (Lipinski definition) is 0. The summed E-state index contributed by atoms with van der Waals surface area (Å²) in [6.07, 6.45) is 8.28. The Hall–Kier alpha value is -1.89. The summed E-state index contributed by atoms with van der Waals surface area (Å²) in [4.78, 5) is 4.36. The quantitative estimate of drug-likeness (QED) is 0.735. The maximum atomic E-state index is 4.36. The molecule has 1 unspecified atom stereocenters. The van der Waals surface area contributed by atoms with E-state index in [-0.39, 0.29) is 0 Å². The van der Waals surface area contributed by atoms with Crippen molar-refractivity contribution in [3.05, 3.63) is 71.6 Å². The highest BCUT2D eigenvalue weighted by Crippen LogP contribution is 2.31. The first-order chi connectivity index (χ1) is 7.93. The van der Waals surface area contributed by atoms with E-state index in [9.17, 15) is 0 Å². The van der Waals surface area contributed by atoms with Gasteiger partial charge >= 0.3 is 0 Å². The molecule has 77 valence electrons. The lowest BCUT2D eigenvalue weighted by atomic mass is 9.96. The summed E-state index contributed by atoms with van der Waals surface area (Å²) in [7, 11) is 0. The molecule has 3 rings (SSSR count). The maximum Gasteiger partial charge on any atom is 0.0413 e. The van der Waals surface area contributed by atoms with Crippen LogP contribution in [0.2, 0.25) is 0 Å². The molecule has 0 N–H and O–H groups in total. The summed E-state index contributed by atoms with van der Waals surface area (Å²) in [5, 5.41) is 0. The standard InChI is InChI=1S/C15H12N/c1-2-7-15-12(5-1)8-9-13(15)11-14-6-3-4-10-16-14/h1-8,10,13H,11H2. The lowest BCUT2D eigenvalue weighted by Gasteiger charge is -2.09. The molecular weight excluding hydrogens is 194 g/mol. The molecule has 0 aliphatic heterocycles. The number of nitrogens with zero attached hydrogens (tertiary/aromatic N) is 1. The summed E-state index contributed by atoms with van der Waals surface area (Å²) < 4.78 is 0. The van der Waals surface area contributed by atoms with E-state index < -0.39 is 0 Å². The molecule has 0 saturated heterocycles. The number of hydrogen-bond acceptors (Lipinski definition) is 1. The molecule has 0 fully saturated rings. The topological polar surface area (TPSA) is 12.9 Å². The molecule has 0 saturated carbocycles. The lowest BCUT2D eigenvalue weighted by Crippen LogP contribution is -2.00. The van der Waals surface area contributed by atoms with Crippen molar-refractivity contribution in [1.29, 1.82) is 0 Å². The van der Waals surface area contributed by atoms with Gasteiger partial charge in [-0.1, -0.05) is 36.4 Å². The Kier molecular flexibility index (Phi) is 2.30. The molecule has 1 nitrogen and oxygen atoms in total. The van der Waals surface area contributed by atoms with Crippen LogP contribution >= 0.6 is 0 Å². The molecular formula is C15H12N. The zero-order chi connectivity index (χ0) is 10.8. The van der Waals surface area contributed by atoms with Crippen molar-refractivity contribution in [2.75, 3.05) is 0 Å². The van der Waals surface area contributed by atoms with Crippen LogP contribution in [0.3, 0.4) is 0 Å². The number of benzene rings is 1. The normalized spacial score (nSPS) is 17.4. The van der Waals surface area contributed by atoms with Crippen molar-refractivity contribution in [2.45, 2.75) is 12.3 Å². The molecule has 0 amide bonds. The second-order valence-corrected chi connectivity index (χ2v) is 4.02. The number of pyridine rings is 1.